The van der Waals surface area contributed by atoms with Crippen molar-refractivity contribution in [3.05, 3.63) is 83.4 Å². The molecule has 2 amide bonds. The summed E-state index contributed by atoms with van der Waals surface area (Å²) < 4.78 is 30.0. The van der Waals surface area contributed by atoms with Crippen LogP contribution in [0.25, 0.3) is 0 Å². The van der Waals surface area contributed by atoms with E-state index >= 15 is 0 Å². The molecule has 4 heterocycles. The summed E-state index contributed by atoms with van der Waals surface area (Å²) in [7, 11) is 0. The van der Waals surface area contributed by atoms with Crippen LogP contribution in [0.4, 0.5) is 14.5 Å². The number of rotatable bonds is 8. The van der Waals surface area contributed by atoms with Crippen molar-refractivity contribution in [2.45, 2.75) is 56.6 Å². The number of carbonyl (C=O) groups is 2. The second-order valence-electron chi connectivity index (χ2n) is 12.7. The highest BCUT2D eigenvalue weighted by atomic mass is 35.5. The zero-order valence-electron chi connectivity index (χ0n) is 25.3. The number of amides is 2. The molecule has 0 aliphatic carbocycles. The van der Waals surface area contributed by atoms with E-state index in [1.807, 2.05) is 29.3 Å². The van der Waals surface area contributed by atoms with Gasteiger partial charge in [0.05, 0.1) is 23.0 Å². The molecule has 8 nitrogen and oxygen atoms in total. The van der Waals surface area contributed by atoms with Gasteiger partial charge in [-0.2, -0.15) is 0 Å². The topological polar surface area (TPSA) is 81.9 Å². The number of imidazole rings is 1. The number of aliphatic hydroxyl groups is 1. The lowest BCUT2D eigenvalue weighted by Crippen LogP contribution is -2.53. The summed E-state index contributed by atoms with van der Waals surface area (Å²) >= 11 is 6.65. The number of carbonyl (C=O) groups excluding carboxylic acids is 2. The van der Waals surface area contributed by atoms with E-state index in [9.17, 15) is 23.5 Å². The van der Waals surface area contributed by atoms with Crippen LogP contribution in [0, 0.1) is 11.8 Å². The van der Waals surface area contributed by atoms with Gasteiger partial charge in [0.2, 0.25) is 5.60 Å². The smallest absolute Gasteiger partial charge is 0.280 e. The predicted octanol–water partition coefficient (Wildman–Crippen LogP) is 5.62. The molecule has 3 aromatic rings. The summed E-state index contributed by atoms with van der Waals surface area (Å²) in [5, 5.41) is 11.3. The Morgan fingerprint density at radius 2 is 1.60 bits per heavy atom. The minimum absolute atomic E-state index is 0.0421. The molecule has 2 atom stereocenters. The SMILES string of the molecule is O=C(c1ccc(N2CCC(CC3CCN(C(=O)[C@](O)(c4ccccc4)C(F)F)CC3)CC2)cc1Cl)N1CCC(n2ccnc2)C1. The molecule has 1 N–H and O–H groups in total. The van der Waals surface area contributed by atoms with Gasteiger partial charge in [0.25, 0.3) is 18.2 Å². The van der Waals surface area contributed by atoms with E-state index in [-0.39, 0.29) is 17.5 Å². The minimum Gasteiger partial charge on any atom is -0.371 e. The molecule has 240 valence electrons. The number of benzene rings is 2. The van der Waals surface area contributed by atoms with Crippen molar-refractivity contribution >= 4 is 29.1 Å². The van der Waals surface area contributed by atoms with Crippen LogP contribution in [-0.2, 0) is 10.4 Å². The molecule has 1 aromatic heterocycles. The second kappa shape index (κ2) is 13.5. The fraction of sp³-hybridized carbons (Fsp3) is 0.500. The van der Waals surface area contributed by atoms with Gasteiger partial charge in [-0.15, -0.1) is 0 Å². The van der Waals surface area contributed by atoms with Gasteiger partial charge >= 0.3 is 0 Å². The average Bonchev–Trinajstić information content (AvgIpc) is 3.78. The Labute approximate surface area is 267 Å². The molecule has 2 aromatic carbocycles. The number of halogens is 3. The fourth-order valence-electron chi connectivity index (χ4n) is 7.25. The maximum absolute atomic E-state index is 14.0. The molecule has 3 aliphatic rings. The van der Waals surface area contributed by atoms with Crippen LogP contribution in [0.1, 0.15) is 60.5 Å². The molecule has 0 bridgehead atoms. The van der Waals surface area contributed by atoms with Crippen molar-refractivity contribution in [3.63, 3.8) is 0 Å². The van der Waals surface area contributed by atoms with Crippen molar-refractivity contribution in [2.75, 3.05) is 44.2 Å². The monoisotopic (exact) mass is 639 g/mol. The number of aromatic nitrogens is 2. The third-order valence-electron chi connectivity index (χ3n) is 9.98. The summed E-state index contributed by atoms with van der Waals surface area (Å²) in [6.07, 6.45) is 7.73. The van der Waals surface area contributed by atoms with Gasteiger partial charge < -0.3 is 24.4 Å². The highest BCUT2D eigenvalue weighted by Crippen LogP contribution is 2.36. The quantitative estimate of drug-likeness (QED) is 0.346. The van der Waals surface area contributed by atoms with E-state index in [0.29, 0.717) is 48.6 Å². The van der Waals surface area contributed by atoms with Crippen molar-refractivity contribution in [1.29, 1.82) is 0 Å². The lowest BCUT2D eigenvalue weighted by atomic mass is 9.82. The average molecular weight is 640 g/mol. The van der Waals surface area contributed by atoms with Crippen LogP contribution >= 0.6 is 11.6 Å². The first kappa shape index (κ1) is 31.5. The minimum atomic E-state index is -3.21. The highest BCUT2D eigenvalue weighted by molar-refractivity contribution is 6.34. The van der Waals surface area contributed by atoms with E-state index in [2.05, 4.69) is 14.5 Å². The Kier molecular flexibility index (Phi) is 9.42. The highest BCUT2D eigenvalue weighted by Gasteiger charge is 2.49. The number of anilines is 1. The summed E-state index contributed by atoms with van der Waals surface area (Å²) in [6.45, 7) is 3.85. The van der Waals surface area contributed by atoms with Crippen molar-refractivity contribution < 1.29 is 23.5 Å². The summed E-state index contributed by atoms with van der Waals surface area (Å²) in [5.41, 5.74) is -1.35. The Bertz CT molecular complexity index is 1460. The van der Waals surface area contributed by atoms with Crippen LogP contribution in [-0.4, -0.2) is 82.0 Å². The largest absolute Gasteiger partial charge is 0.371 e. The van der Waals surface area contributed by atoms with E-state index in [4.69, 9.17) is 11.6 Å². The van der Waals surface area contributed by atoms with Crippen LogP contribution in [0.5, 0.6) is 0 Å². The van der Waals surface area contributed by atoms with Crippen molar-refractivity contribution in [1.82, 2.24) is 19.4 Å². The van der Waals surface area contributed by atoms with Crippen molar-refractivity contribution in [3.8, 4) is 0 Å². The van der Waals surface area contributed by atoms with Crippen LogP contribution in [0.3, 0.4) is 0 Å². The van der Waals surface area contributed by atoms with Gasteiger partial charge in [-0.3, -0.25) is 9.59 Å². The molecule has 11 heteroatoms. The molecule has 45 heavy (non-hydrogen) atoms. The molecule has 0 saturated carbocycles. The lowest BCUT2D eigenvalue weighted by Gasteiger charge is -2.39. The maximum Gasteiger partial charge on any atom is 0.280 e. The Hall–Kier alpha value is -3.50. The third kappa shape index (κ3) is 6.58. The summed E-state index contributed by atoms with van der Waals surface area (Å²) in [6, 6.07) is 13.5. The zero-order chi connectivity index (χ0) is 31.6. The lowest BCUT2D eigenvalue weighted by molar-refractivity contribution is -0.173. The Balaban J connectivity index is 0.973. The molecular formula is C34H40ClF2N5O3. The number of nitrogens with zero attached hydrogens (tertiary/aromatic N) is 5. The summed E-state index contributed by atoms with van der Waals surface area (Å²) in [5.74, 6) is 0.00642. The molecule has 3 saturated heterocycles. The molecule has 3 aliphatic heterocycles. The molecule has 3 fully saturated rings. The number of likely N-dealkylation sites (tertiary alicyclic amines) is 2. The first-order valence-electron chi connectivity index (χ1n) is 15.9. The van der Waals surface area contributed by atoms with E-state index in [1.165, 1.54) is 17.0 Å². The zero-order valence-corrected chi connectivity index (χ0v) is 26.0. The van der Waals surface area contributed by atoms with Gasteiger partial charge in [-0.25, -0.2) is 13.8 Å². The fourth-order valence-corrected chi connectivity index (χ4v) is 7.50. The van der Waals surface area contributed by atoms with Crippen molar-refractivity contribution in [2.24, 2.45) is 11.8 Å². The predicted molar refractivity (Wildman–Crippen MR) is 168 cm³/mol. The van der Waals surface area contributed by atoms with Gasteiger partial charge in [0.1, 0.15) is 0 Å². The molecular weight excluding hydrogens is 600 g/mol. The molecule has 6 rings (SSSR count). The van der Waals surface area contributed by atoms with E-state index in [1.54, 1.807) is 30.7 Å². The molecule has 0 radical (unpaired) electrons. The van der Waals surface area contributed by atoms with E-state index < -0.39 is 17.9 Å². The Morgan fingerprint density at radius 1 is 0.933 bits per heavy atom. The number of hydrogen-bond acceptors (Lipinski definition) is 5. The maximum atomic E-state index is 14.0. The van der Waals surface area contributed by atoms with Crippen LogP contribution in [0.2, 0.25) is 5.02 Å². The Morgan fingerprint density at radius 3 is 2.22 bits per heavy atom. The van der Waals surface area contributed by atoms with E-state index in [0.717, 1.165) is 57.3 Å². The molecule has 1 unspecified atom stereocenters. The van der Waals surface area contributed by atoms with Gasteiger partial charge in [-0.1, -0.05) is 41.9 Å². The third-order valence-corrected chi connectivity index (χ3v) is 10.3. The first-order chi connectivity index (χ1) is 21.7. The second-order valence-corrected chi connectivity index (χ2v) is 13.1. The number of piperidine rings is 2. The normalized spacial score (nSPS) is 21.4. The van der Waals surface area contributed by atoms with Gasteiger partial charge in [0.15, 0.2) is 0 Å². The number of hydrogen-bond donors (Lipinski definition) is 1. The van der Waals surface area contributed by atoms with Crippen LogP contribution in [0.15, 0.2) is 67.3 Å². The standard InChI is InChI=1S/C34H40ClF2N5O3/c35-30-21-27(6-7-29(30)31(43)41-18-12-28(22-41)42-19-13-38-23-42)39-14-8-24(9-15-39)20-25-10-16-40(17-11-25)33(44)34(45,32(36)37)26-4-2-1-3-5-26/h1-7,13,19,21,23-25,28,32,45H,8-12,14-18,20,22H2/t28?,34-/m0/s1. The number of alkyl halides is 2. The van der Waals surface area contributed by atoms with Gasteiger partial charge in [-0.05, 0) is 74.1 Å². The summed E-state index contributed by atoms with van der Waals surface area (Å²) in [4.78, 5) is 36.0. The van der Waals surface area contributed by atoms with Gasteiger partial charge in [0, 0.05) is 57.3 Å². The molecule has 0 spiro atoms. The van der Waals surface area contributed by atoms with Crippen LogP contribution < -0.4 is 4.90 Å². The first-order valence-corrected chi connectivity index (χ1v) is 16.3.